The Labute approximate surface area is 87.2 Å². The predicted octanol–water partition coefficient (Wildman–Crippen LogP) is 0.422. The normalized spacial score (nSPS) is 34.1. The van der Waals surface area contributed by atoms with Crippen LogP contribution >= 0.6 is 0 Å². The average Bonchev–Trinajstić information content (AvgIpc) is 2.78. The number of likely N-dealkylation sites (tertiary alicyclic amines) is 1. The highest BCUT2D eigenvalue weighted by atomic mass is 15.2. The molecule has 0 aliphatic carbocycles. The second-order valence-corrected chi connectivity index (χ2v) is 4.73. The molecule has 2 aliphatic heterocycles. The number of hydrogen-bond acceptors (Lipinski definition) is 3. The molecule has 2 atom stereocenters. The first-order valence-electron chi connectivity index (χ1n) is 6.00. The van der Waals surface area contributed by atoms with E-state index in [0.717, 1.165) is 18.6 Å². The molecule has 3 nitrogen and oxygen atoms in total. The van der Waals surface area contributed by atoms with Gasteiger partial charge in [0.1, 0.15) is 0 Å². The average molecular weight is 197 g/mol. The van der Waals surface area contributed by atoms with Gasteiger partial charge in [-0.2, -0.15) is 0 Å². The zero-order valence-corrected chi connectivity index (χ0v) is 9.26. The Morgan fingerprint density at radius 3 is 2.86 bits per heavy atom. The summed E-state index contributed by atoms with van der Waals surface area (Å²) in [7, 11) is 2.24. The van der Waals surface area contributed by atoms with Gasteiger partial charge < -0.3 is 15.5 Å². The van der Waals surface area contributed by atoms with E-state index in [1.54, 1.807) is 0 Å². The van der Waals surface area contributed by atoms with Crippen LogP contribution in [0.25, 0.3) is 0 Å². The van der Waals surface area contributed by atoms with E-state index in [0.29, 0.717) is 0 Å². The Kier molecular flexibility index (Phi) is 3.79. The van der Waals surface area contributed by atoms with E-state index >= 15 is 0 Å². The lowest BCUT2D eigenvalue weighted by Gasteiger charge is -2.21. The molecule has 0 aromatic carbocycles. The van der Waals surface area contributed by atoms with Crippen molar-refractivity contribution in [3.8, 4) is 0 Å². The van der Waals surface area contributed by atoms with Gasteiger partial charge in [-0.3, -0.25) is 0 Å². The Hall–Kier alpha value is -0.120. The molecular formula is C11H23N3. The number of rotatable bonds is 4. The van der Waals surface area contributed by atoms with Crippen LogP contribution in [0.15, 0.2) is 0 Å². The van der Waals surface area contributed by atoms with E-state index in [2.05, 4.69) is 22.6 Å². The standard InChI is InChI=1S/C11H23N3/c1-14-7-3-5-11(14)9-12-8-10-4-2-6-13-10/h10-13H,2-9H2,1H3. The summed E-state index contributed by atoms with van der Waals surface area (Å²) in [6.07, 6.45) is 5.47. The third-order valence-corrected chi connectivity index (χ3v) is 3.60. The minimum absolute atomic E-state index is 0.738. The summed E-state index contributed by atoms with van der Waals surface area (Å²) in [5, 5.41) is 7.11. The molecular weight excluding hydrogens is 174 g/mol. The van der Waals surface area contributed by atoms with E-state index in [1.807, 2.05) is 0 Å². The van der Waals surface area contributed by atoms with Gasteiger partial charge in [0.15, 0.2) is 0 Å². The molecule has 82 valence electrons. The predicted molar refractivity (Wildman–Crippen MR) is 59.5 cm³/mol. The molecule has 2 N–H and O–H groups in total. The van der Waals surface area contributed by atoms with E-state index in [4.69, 9.17) is 0 Å². The van der Waals surface area contributed by atoms with Crippen molar-refractivity contribution in [2.45, 2.75) is 37.8 Å². The third-order valence-electron chi connectivity index (χ3n) is 3.60. The molecule has 2 fully saturated rings. The smallest absolute Gasteiger partial charge is 0.0218 e. The van der Waals surface area contributed by atoms with Gasteiger partial charge in [0.05, 0.1) is 0 Å². The summed E-state index contributed by atoms with van der Waals surface area (Å²) >= 11 is 0. The molecule has 2 heterocycles. The summed E-state index contributed by atoms with van der Waals surface area (Å²) in [5.74, 6) is 0. The lowest BCUT2D eigenvalue weighted by molar-refractivity contribution is 0.298. The zero-order valence-electron chi connectivity index (χ0n) is 9.26. The van der Waals surface area contributed by atoms with Crippen LogP contribution in [0.4, 0.5) is 0 Å². The first-order chi connectivity index (χ1) is 6.86. The SMILES string of the molecule is CN1CCCC1CNCC1CCCN1. The third kappa shape index (κ3) is 2.69. The van der Waals surface area contributed by atoms with Gasteiger partial charge in [-0.1, -0.05) is 0 Å². The van der Waals surface area contributed by atoms with Crippen molar-refractivity contribution < 1.29 is 0 Å². The van der Waals surface area contributed by atoms with Crippen molar-refractivity contribution in [3.05, 3.63) is 0 Å². The van der Waals surface area contributed by atoms with Gasteiger partial charge in [0.25, 0.3) is 0 Å². The van der Waals surface area contributed by atoms with Gasteiger partial charge >= 0.3 is 0 Å². The lowest BCUT2D eigenvalue weighted by atomic mass is 10.2. The van der Waals surface area contributed by atoms with Crippen molar-refractivity contribution in [2.24, 2.45) is 0 Å². The van der Waals surface area contributed by atoms with Gasteiger partial charge in [-0.05, 0) is 45.8 Å². The van der Waals surface area contributed by atoms with Gasteiger partial charge in [0.2, 0.25) is 0 Å². The second-order valence-electron chi connectivity index (χ2n) is 4.73. The highest BCUT2D eigenvalue weighted by Gasteiger charge is 2.20. The van der Waals surface area contributed by atoms with E-state index in [1.165, 1.54) is 45.3 Å². The fraction of sp³-hybridized carbons (Fsp3) is 1.00. The number of nitrogens with one attached hydrogen (secondary N) is 2. The van der Waals surface area contributed by atoms with Crippen LogP contribution in [-0.4, -0.2) is 50.2 Å². The fourth-order valence-corrected chi connectivity index (χ4v) is 2.59. The number of likely N-dealkylation sites (N-methyl/N-ethyl adjacent to an activating group) is 1. The van der Waals surface area contributed by atoms with Gasteiger partial charge in [-0.25, -0.2) is 0 Å². The maximum absolute atomic E-state index is 3.60. The molecule has 0 saturated carbocycles. The summed E-state index contributed by atoms with van der Waals surface area (Å²) in [6, 6.07) is 1.53. The van der Waals surface area contributed by atoms with Crippen molar-refractivity contribution in [2.75, 3.05) is 33.2 Å². The van der Waals surface area contributed by atoms with Gasteiger partial charge in [0, 0.05) is 25.2 Å². The molecule has 0 radical (unpaired) electrons. The monoisotopic (exact) mass is 197 g/mol. The second kappa shape index (κ2) is 5.10. The van der Waals surface area contributed by atoms with Crippen molar-refractivity contribution >= 4 is 0 Å². The number of nitrogens with zero attached hydrogens (tertiary/aromatic N) is 1. The molecule has 0 aromatic heterocycles. The molecule has 2 rings (SSSR count). The quantitative estimate of drug-likeness (QED) is 0.684. The van der Waals surface area contributed by atoms with Crippen LogP contribution in [-0.2, 0) is 0 Å². The zero-order chi connectivity index (χ0) is 9.80. The van der Waals surface area contributed by atoms with E-state index < -0.39 is 0 Å². The first kappa shape index (κ1) is 10.4. The van der Waals surface area contributed by atoms with Crippen LogP contribution < -0.4 is 10.6 Å². The highest BCUT2D eigenvalue weighted by Crippen LogP contribution is 2.13. The summed E-state index contributed by atoms with van der Waals surface area (Å²) in [5.41, 5.74) is 0. The first-order valence-corrected chi connectivity index (χ1v) is 6.00. The van der Waals surface area contributed by atoms with Crippen LogP contribution in [0, 0.1) is 0 Å². The van der Waals surface area contributed by atoms with Gasteiger partial charge in [-0.15, -0.1) is 0 Å². The molecule has 0 spiro atoms. The lowest BCUT2D eigenvalue weighted by Crippen LogP contribution is -2.40. The number of hydrogen-bond donors (Lipinski definition) is 2. The summed E-state index contributed by atoms with van der Waals surface area (Å²) in [4.78, 5) is 2.48. The minimum Gasteiger partial charge on any atom is -0.314 e. The van der Waals surface area contributed by atoms with Crippen LogP contribution in [0.3, 0.4) is 0 Å². The molecule has 0 amide bonds. The van der Waals surface area contributed by atoms with Crippen molar-refractivity contribution in [3.63, 3.8) is 0 Å². The fourth-order valence-electron chi connectivity index (χ4n) is 2.59. The largest absolute Gasteiger partial charge is 0.314 e. The van der Waals surface area contributed by atoms with Crippen LogP contribution in [0.5, 0.6) is 0 Å². The van der Waals surface area contributed by atoms with Crippen LogP contribution in [0.2, 0.25) is 0 Å². The molecule has 2 unspecified atom stereocenters. The molecule has 2 aliphatic rings. The maximum atomic E-state index is 3.60. The van der Waals surface area contributed by atoms with Crippen molar-refractivity contribution in [1.82, 2.24) is 15.5 Å². The molecule has 3 heteroatoms. The molecule has 2 saturated heterocycles. The molecule has 0 bridgehead atoms. The van der Waals surface area contributed by atoms with E-state index in [-0.39, 0.29) is 0 Å². The molecule has 0 aromatic rings. The maximum Gasteiger partial charge on any atom is 0.0218 e. The van der Waals surface area contributed by atoms with Crippen molar-refractivity contribution in [1.29, 1.82) is 0 Å². The highest BCUT2D eigenvalue weighted by molar-refractivity contribution is 4.81. The Morgan fingerprint density at radius 2 is 2.21 bits per heavy atom. The minimum atomic E-state index is 0.738. The summed E-state index contributed by atoms with van der Waals surface area (Å²) in [6.45, 7) is 4.84. The van der Waals surface area contributed by atoms with E-state index in [9.17, 15) is 0 Å². The topological polar surface area (TPSA) is 27.3 Å². The molecule has 14 heavy (non-hydrogen) atoms. The Balaban J connectivity index is 1.57. The Morgan fingerprint density at radius 1 is 1.29 bits per heavy atom. The Bertz CT molecular complexity index is 166. The summed E-state index contributed by atoms with van der Waals surface area (Å²) < 4.78 is 0. The van der Waals surface area contributed by atoms with Crippen LogP contribution in [0.1, 0.15) is 25.7 Å².